The molecule has 7 heteroatoms. The van der Waals surface area contributed by atoms with Crippen LogP contribution in [-0.2, 0) is 4.74 Å². The highest BCUT2D eigenvalue weighted by Gasteiger charge is 2.06. The van der Waals surface area contributed by atoms with Gasteiger partial charge in [0.1, 0.15) is 0 Å². The summed E-state index contributed by atoms with van der Waals surface area (Å²) < 4.78 is 4.67. The summed E-state index contributed by atoms with van der Waals surface area (Å²) in [5.74, 6) is 0. The lowest BCUT2D eigenvalue weighted by Gasteiger charge is -2.11. The van der Waals surface area contributed by atoms with E-state index < -0.39 is 6.09 Å². The molecule has 0 saturated heterocycles. The molecule has 0 radical (unpaired) electrons. The molecule has 0 aliphatic carbocycles. The Morgan fingerprint density at radius 3 is 2.88 bits per heavy atom. The maximum Gasteiger partial charge on any atom is 0.413 e. The number of carbonyl (C=O) groups excluding carboxylic acids is 1. The van der Waals surface area contributed by atoms with E-state index in [1.165, 1.54) is 0 Å². The molecule has 0 saturated carbocycles. The Balaban J connectivity index is 2.59. The maximum absolute atomic E-state index is 11.1. The molecule has 1 aromatic rings. The van der Waals surface area contributed by atoms with Crippen molar-refractivity contribution in [1.82, 2.24) is 5.32 Å². The van der Waals surface area contributed by atoms with Gasteiger partial charge in [0.25, 0.3) is 0 Å². The number of nitrogens with two attached hydrogens (primary N) is 1. The predicted octanol–water partition coefficient (Wildman–Crippen LogP) is 2.37. The van der Waals surface area contributed by atoms with E-state index in [0.29, 0.717) is 16.4 Å². The molecule has 92 valence electrons. The molecule has 4 N–H and O–H groups in total. The Labute approximate surface area is 109 Å². The molecule has 0 atom stereocenters. The van der Waals surface area contributed by atoms with Crippen molar-refractivity contribution in [3.05, 3.63) is 23.2 Å². The Morgan fingerprint density at radius 1 is 1.59 bits per heavy atom. The molecule has 1 aromatic carbocycles. The van der Waals surface area contributed by atoms with E-state index in [4.69, 9.17) is 29.6 Å². The number of ether oxygens (including phenoxy) is 1. The molecule has 0 heterocycles. The van der Waals surface area contributed by atoms with Gasteiger partial charge in [-0.05, 0) is 37.3 Å². The van der Waals surface area contributed by atoms with Gasteiger partial charge in [-0.25, -0.2) is 4.79 Å². The number of hydrogen-bond acceptors (Lipinski definition) is 4. The smallest absolute Gasteiger partial charge is 0.413 e. The quantitative estimate of drug-likeness (QED) is 0.570. The molecule has 0 fully saturated rings. The van der Waals surface area contributed by atoms with Crippen LogP contribution in [0, 0.1) is 0 Å². The molecule has 1 rings (SSSR count). The van der Waals surface area contributed by atoms with Gasteiger partial charge < -0.3 is 15.8 Å². The SMILES string of the molecule is CCOC(=O)NC(=S)Nc1ccc(Cl)cc1N. The molecular formula is C10H12ClN3O2S. The second kappa shape index (κ2) is 6.27. The molecule has 5 nitrogen and oxygen atoms in total. The van der Waals surface area contributed by atoms with Gasteiger partial charge in [-0.2, -0.15) is 0 Å². The van der Waals surface area contributed by atoms with Gasteiger partial charge in [0.05, 0.1) is 18.0 Å². The van der Waals surface area contributed by atoms with Crippen molar-refractivity contribution in [1.29, 1.82) is 0 Å². The van der Waals surface area contributed by atoms with E-state index in [-0.39, 0.29) is 11.7 Å². The molecule has 0 aliphatic heterocycles. The van der Waals surface area contributed by atoms with Crippen molar-refractivity contribution in [2.75, 3.05) is 17.7 Å². The van der Waals surface area contributed by atoms with E-state index >= 15 is 0 Å². The van der Waals surface area contributed by atoms with Gasteiger partial charge in [0, 0.05) is 5.02 Å². The van der Waals surface area contributed by atoms with Crippen LogP contribution in [-0.4, -0.2) is 17.8 Å². The lowest BCUT2D eigenvalue weighted by molar-refractivity contribution is 0.158. The van der Waals surface area contributed by atoms with Crippen molar-refractivity contribution >= 4 is 46.4 Å². The van der Waals surface area contributed by atoms with E-state index in [2.05, 4.69) is 15.4 Å². The summed E-state index contributed by atoms with van der Waals surface area (Å²) >= 11 is 10.7. The number of anilines is 2. The summed E-state index contributed by atoms with van der Waals surface area (Å²) in [5, 5.41) is 5.74. The van der Waals surface area contributed by atoms with Crippen LogP contribution in [0.4, 0.5) is 16.2 Å². The normalized spacial score (nSPS) is 9.53. The number of nitrogens with one attached hydrogen (secondary N) is 2. The second-order valence-corrected chi connectivity index (χ2v) is 3.88. The summed E-state index contributed by atoms with van der Waals surface area (Å²) in [7, 11) is 0. The van der Waals surface area contributed by atoms with Crippen LogP contribution >= 0.6 is 23.8 Å². The van der Waals surface area contributed by atoms with Crippen molar-refractivity contribution in [3.63, 3.8) is 0 Å². The predicted molar refractivity (Wildman–Crippen MR) is 72.2 cm³/mol. The maximum atomic E-state index is 11.1. The zero-order chi connectivity index (χ0) is 12.8. The van der Waals surface area contributed by atoms with Crippen molar-refractivity contribution in [3.8, 4) is 0 Å². The highest BCUT2D eigenvalue weighted by Crippen LogP contribution is 2.22. The number of rotatable bonds is 2. The van der Waals surface area contributed by atoms with Gasteiger partial charge >= 0.3 is 6.09 Å². The van der Waals surface area contributed by atoms with Crippen LogP contribution in [0.15, 0.2) is 18.2 Å². The summed E-state index contributed by atoms with van der Waals surface area (Å²) in [6, 6.07) is 4.90. The summed E-state index contributed by atoms with van der Waals surface area (Å²) in [4.78, 5) is 11.1. The minimum absolute atomic E-state index is 0.109. The van der Waals surface area contributed by atoms with E-state index in [9.17, 15) is 4.79 Å². The average Bonchev–Trinajstić information content (AvgIpc) is 2.22. The largest absolute Gasteiger partial charge is 0.450 e. The number of nitrogen functional groups attached to an aromatic ring is 1. The Bertz CT molecular complexity index is 440. The lowest BCUT2D eigenvalue weighted by atomic mass is 10.3. The van der Waals surface area contributed by atoms with Crippen molar-refractivity contribution < 1.29 is 9.53 Å². The van der Waals surface area contributed by atoms with Gasteiger partial charge in [-0.3, -0.25) is 5.32 Å². The highest BCUT2D eigenvalue weighted by atomic mass is 35.5. The topological polar surface area (TPSA) is 76.4 Å². The molecule has 0 aromatic heterocycles. The zero-order valence-corrected chi connectivity index (χ0v) is 10.7. The van der Waals surface area contributed by atoms with E-state index in [1.54, 1.807) is 25.1 Å². The third-order valence-corrected chi connectivity index (χ3v) is 2.19. The molecular weight excluding hydrogens is 262 g/mol. The Morgan fingerprint density at radius 2 is 2.29 bits per heavy atom. The number of halogens is 1. The first-order chi connectivity index (χ1) is 8.02. The molecule has 17 heavy (non-hydrogen) atoms. The van der Waals surface area contributed by atoms with E-state index in [1.807, 2.05) is 0 Å². The van der Waals surface area contributed by atoms with Crippen LogP contribution in [0.25, 0.3) is 0 Å². The summed E-state index contributed by atoms with van der Waals surface area (Å²) in [5.41, 5.74) is 6.71. The molecule has 0 unspecified atom stereocenters. The number of benzene rings is 1. The first-order valence-corrected chi connectivity index (χ1v) is 5.61. The lowest BCUT2D eigenvalue weighted by Crippen LogP contribution is -2.34. The van der Waals surface area contributed by atoms with Crippen LogP contribution < -0.4 is 16.4 Å². The first-order valence-electron chi connectivity index (χ1n) is 4.82. The summed E-state index contributed by atoms with van der Waals surface area (Å²) in [6.07, 6.45) is -0.613. The van der Waals surface area contributed by atoms with Crippen LogP contribution in [0.2, 0.25) is 5.02 Å². The number of amides is 1. The Kier molecular flexibility index (Phi) is 4.99. The fourth-order valence-corrected chi connectivity index (χ4v) is 1.43. The zero-order valence-electron chi connectivity index (χ0n) is 9.12. The fraction of sp³-hybridized carbons (Fsp3) is 0.200. The standard InChI is InChI=1S/C10H12ClN3O2S/c1-2-16-10(15)14-9(17)13-8-4-3-6(11)5-7(8)12/h3-5H,2,12H2,1H3,(H2,13,14,15,17). The van der Waals surface area contributed by atoms with Gasteiger partial charge in [-0.15, -0.1) is 0 Å². The molecule has 0 aliphatic rings. The van der Waals surface area contributed by atoms with E-state index in [0.717, 1.165) is 0 Å². The molecule has 0 spiro atoms. The minimum Gasteiger partial charge on any atom is -0.450 e. The monoisotopic (exact) mass is 273 g/mol. The number of carbonyl (C=O) groups is 1. The van der Waals surface area contributed by atoms with Crippen LogP contribution in [0.1, 0.15) is 6.92 Å². The molecule has 0 bridgehead atoms. The molecule has 1 amide bonds. The minimum atomic E-state index is -0.613. The Hall–Kier alpha value is -1.53. The summed E-state index contributed by atoms with van der Waals surface area (Å²) in [6.45, 7) is 1.98. The third kappa shape index (κ3) is 4.46. The van der Waals surface area contributed by atoms with Gasteiger partial charge in [0.2, 0.25) is 0 Å². The fourth-order valence-electron chi connectivity index (χ4n) is 1.06. The number of alkyl carbamates (subject to hydrolysis) is 1. The van der Waals surface area contributed by atoms with Crippen LogP contribution in [0.5, 0.6) is 0 Å². The van der Waals surface area contributed by atoms with Gasteiger partial charge in [0.15, 0.2) is 5.11 Å². The van der Waals surface area contributed by atoms with Gasteiger partial charge in [-0.1, -0.05) is 11.6 Å². The van der Waals surface area contributed by atoms with Crippen LogP contribution in [0.3, 0.4) is 0 Å². The third-order valence-electron chi connectivity index (χ3n) is 1.75. The average molecular weight is 274 g/mol. The second-order valence-electron chi connectivity index (χ2n) is 3.03. The van der Waals surface area contributed by atoms with Crippen molar-refractivity contribution in [2.24, 2.45) is 0 Å². The highest BCUT2D eigenvalue weighted by molar-refractivity contribution is 7.80. The number of thiocarbonyl (C=S) groups is 1. The first kappa shape index (κ1) is 13.5. The van der Waals surface area contributed by atoms with Crippen molar-refractivity contribution in [2.45, 2.75) is 6.92 Å². The number of hydrogen-bond donors (Lipinski definition) is 3.